The van der Waals surface area contributed by atoms with Crippen LogP contribution >= 0.6 is 11.6 Å². The minimum Gasteiger partial charge on any atom is -0.493 e. The SMILES string of the molecule is CCCCNC(=O)[C@@H](C)N(Cc1ccc(F)cc1)C(=O)CN(c1ccc(Cl)cc1)S(=O)(=O)c1ccc(OC)c(OC)c1. The van der Waals surface area contributed by atoms with Crippen LogP contribution in [0.15, 0.2) is 71.6 Å². The zero-order valence-corrected chi connectivity index (χ0v) is 25.5. The van der Waals surface area contributed by atoms with Crippen LogP contribution in [0.2, 0.25) is 5.02 Å². The van der Waals surface area contributed by atoms with Crippen molar-refractivity contribution in [3.05, 3.63) is 83.1 Å². The predicted octanol–water partition coefficient (Wildman–Crippen LogP) is 5.03. The van der Waals surface area contributed by atoms with Crippen molar-refractivity contribution in [2.75, 3.05) is 31.6 Å². The van der Waals surface area contributed by atoms with Gasteiger partial charge in [0.2, 0.25) is 11.8 Å². The van der Waals surface area contributed by atoms with E-state index in [1.165, 1.54) is 85.8 Å². The number of hydrogen-bond donors (Lipinski definition) is 1. The van der Waals surface area contributed by atoms with E-state index < -0.39 is 34.3 Å². The third-order valence-electron chi connectivity index (χ3n) is 6.60. The summed E-state index contributed by atoms with van der Waals surface area (Å²) in [6, 6.07) is 14.7. The van der Waals surface area contributed by atoms with Gasteiger partial charge in [0.15, 0.2) is 11.5 Å². The number of benzene rings is 3. The second-order valence-corrected chi connectivity index (χ2v) is 11.8. The van der Waals surface area contributed by atoms with Crippen LogP contribution < -0.4 is 19.1 Å². The Hall–Kier alpha value is -3.83. The summed E-state index contributed by atoms with van der Waals surface area (Å²) in [5, 5.41) is 3.20. The first-order chi connectivity index (χ1) is 20.0. The van der Waals surface area contributed by atoms with Gasteiger partial charge in [-0.15, -0.1) is 0 Å². The van der Waals surface area contributed by atoms with Crippen molar-refractivity contribution >= 4 is 39.1 Å². The van der Waals surface area contributed by atoms with Crippen molar-refractivity contribution in [2.24, 2.45) is 0 Å². The lowest BCUT2D eigenvalue weighted by atomic mass is 10.1. The maximum atomic E-state index is 14.0. The Morgan fingerprint density at radius 3 is 2.21 bits per heavy atom. The highest BCUT2D eigenvalue weighted by molar-refractivity contribution is 7.92. The molecule has 0 unspecified atom stereocenters. The molecule has 3 aromatic rings. The summed E-state index contributed by atoms with van der Waals surface area (Å²) in [5.74, 6) is -0.955. The highest BCUT2D eigenvalue weighted by Gasteiger charge is 2.33. The molecule has 0 aliphatic carbocycles. The molecule has 0 saturated carbocycles. The summed E-state index contributed by atoms with van der Waals surface area (Å²) >= 11 is 6.06. The molecular formula is C30H35ClFN3O6S. The molecule has 0 saturated heterocycles. The van der Waals surface area contributed by atoms with Gasteiger partial charge in [0.25, 0.3) is 10.0 Å². The lowest BCUT2D eigenvalue weighted by Crippen LogP contribution is -2.51. The van der Waals surface area contributed by atoms with E-state index in [1.54, 1.807) is 6.92 Å². The molecule has 0 aliphatic rings. The van der Waals surface area contributed by atoms with Crippen LogP contribution in [0.4, 0.5) is 10.1 Å². The Bertz CT molecular complexity index is 1470. The van der Waals surface area contributed by atoms with Crippen LogP contribution in [0.3, 0.4) is 0 Å². The molecule has 0 heterocycles. The first-order valence-electron chi connectivity index (χ1n) is 13.3. The van der Waals surface area contributed by atoms with Crippen molar-refractivity contribution in [3.63, 3.8) is 0 Å². The first kappa shape index (κ1) is 32.7. The van der Waals surface area contributed by atoms with Gasteiger partial charge in [-0.2, -0.15) is 0 Å². The predicted molar refractivity (Wildman–Crippen MR) is 160 cm³/mol. The molecule has 9 nitrogen and oxygen atoms in total. The molecule has 226 valence electrons. The van der Waals surface area contributed by atoms with Gasteiger partial charge in [-0.05, 0) is 67.4 Å². The zero-order valence-electron chi connectivity index (χ0n) is 24.0. The molecular weight excluding hydrogens is 585 g/mol. The van der Waals surface area contributed by atoms with Crippen LogP contribution in [0, 0.1) is 5.82 Å². The Labute approximate surface area is 251 Å². The van der Waals surface area contributed by atoms with Crippen LogP contribution in [0.5, 0.6) is 11.5 Å². The molecule has 1 N–H and O–H groups in total. The Balaban J connectivity index is 2.03. The highest BCUT2D eigenvalue weighted by Crippen LogP contribution is 2.32. The number of unbranched alkanes of at least 4 members (excludes halogenated alkanes) is 1. The number of hydrogen-bond acceptors (Lipinski definition) is 6. The van der Waals surface area contributed by atoms with E-state index in [2.05, 4.69) is 5.32 Å². The zero-order chi connectivity index (χ0) is 30.9. The number of methoxy groups -OCH3 is 2. The number of anilines is 1. The molecule has 0 aromatic heterocycles. The fourth-order valence-corrected chi connectivity index (χ4v) is 5.70. The molecule has 0 aliphatic heterocycles. The minimum atomic E-state index is -4.34. The lowest BCUT2D eigenvalue weighted by molar-refractivity contribution is -0.139. The van der Waals surface area contributed by atoms with Crippen molar-refractivity contribution < 1.29 is 31.9 Å². The van der Waals surface area contributed by atoms with Gasteiger partial charge >= 0.3 is 0 Å². The average Bonchev–Trinajstić information content (AvgIpc) is 2.99. The van der Waals surface area contributed by atoms with E-state index >= 15 is 0 Å². The highest BCUT2D eigenvalue weighted by atomic mass is 35.5. The number of sulfonamides is 1. The molecule has 42 heavy (non-hydrogen) atoms. The van der Waals surface area contributed by atoms with E-state index in [0.29, 0.717) is 22.9 Å². The summed E-state index contributed by atoms with van der Waals surface area (Å²) in [7, 11) is -1.52. The molecule has 2 amide bonds. The van der Waals surface area contributed by atoms with Crippen molar-refractivity contribution in [1.82, 2.24) is 10.2 Å². The molecule has 3 aromatic carbocycles. The molecule has 3 rings (SSSR count). The third-order valence-corrected chi connectivity index (χ3v) is 8.62. The number of amides is 2. The van der Waals surface area contributed by atoms with E-state index in [9.17, 15) is 22.4 Å². The Morgan fingerprint density at radius 1 is 0.976 bits per heavy atom. The number of carbonyl (C=O) groups is 2. The quantitative estimate of drug-likeness (QED) is 0.254. The number of carbonyl (C=O) groups excluding carboxylic acids is 2. The van der Waals surface area contributed by atoms with Gasteiger partial charge in [-0.1, -0.05) is 37.1 Å². The van der Waals surface area contributed by atoms with Crippen molar-refractivity contribution in [1.29, 1.82) is 0 Å². The van der Waals surface area contributed by atoms with Gasteiger partial charge in [-0.25, -0.2) is 12.8 Å². The topological polar surface area (TPSA) is 105 Å². The molecule has 0 bridgehead atoms. The van der Waals surface area contributed by atoms with Crippen LogP contribution in [0.1, 0.15) is 32.3 Å². The largest absolute Gasteiger partial charge is 0.493 e. The Morgan fingerprint density at radius 2 is 1.62 bits per heavy atom. The molecule has 0 fully saturated rings. The Kier molecular flexibility index (Phi) is 11.6. The second kappa shape index (κ2) is 14.9. The van der Waals surface area contributed by atoms with Crippen LogP contribution in [-0.4, -0.2) is 58.5 Å². The minimum absolute atomic E-state index is 0.0493. The van der Waals surface area contributed by atoms with Gasteiger partial charge in [-0.3, -0.25) is 13.9 Å². The number of ether oxygens (including phenoxy) is 2. The lowest BCUT2D eigenvalue weighted by Gasteiger charge is -2.32. The van der Waals surface area contributed by atoms with E-state index in [-0.39, 0.29) is 28.8 Å². The van der Waals surface area contributed by atoms with Gasteiger partial charge in [0.1, 0.15) is 18.4 Å². The van der Waals surface area contributed by atoms with Crippen LogP contribution in [0.25, 0.3) is 0 Å². The average molecular weight is 620 g/mol. The fraction of sp³-hybridized carbons (Fsp3) is 0.333. The van der Waals surface area contributed by atoms with E-state index in [1.807, 2.05) is 6.92 Å². The number of halogens is 2. The van der Waals surface area contributed by atoms with Crippen molar-refractivity contribution in [2.45, 2.75) is 44.2 Å². The van der Waals surface area contributed by atoms with E-state index in [4.69, 9.17) is 21.1 Å². The second-order valence-electron chi connectivity index (χ2n) is 9.47. The van der Waals surface area contributed by atoms with Crippen LogP contribution in [-0.2, 0) is 26.2 Å². The number of nitrogens with one attached hydrogen (secondary N) is 1. The normalized spacial score (nSPS) is 11.9. The van der Waals surface area contributed by atoms with Gasteiger partial charge in [0.05, 0.1) is 24.8 Å². The summed E-state index contributed by atoms with van der Waals surface area (Å²) in [6.07, 6.45) is 1.63. The smallest absolute Gasteiger partial charge is 0.264 e. The fourth-order valence-electron chi connectivity index (χ4n) is 4.15. The summed E-state index contributed by atoms with van der Waals surface area (Å²) in [4.78, 5) is 28.1. The summed E-state index contributed by atoms with van der Waals surface area (Å²) in [5.41, 5.74) is 0.753. The van der Waals surface area contributed by atoms with Gasteiger partial charge in [0, 0.05) is 24.2 Å². The number of rotatable bonds is 14. The summed E-state index contributed by atoms with van der Waals surface area (Å²) < 4.78 is 53.1. The first-order valence-corrected chi connectivity index (χ1v) is 15.2. The molecule has 12 heteroatoms. The number of nitrogens with zero attached hydrogens (tertiary/aromatic N) is 2. The molecule has 1 atom stereocenters. The van der Waals surface area contributed by atoms with E-state index in [0.717, 1.165) is 17.1 Å². The molecule has 0 spiro atoms. The maximum Gasteiger partial charge on any atom is 0.264 e. The van der Waals surface area contributed by atoms with Gasteiger partial charge < -0.3 is 19.7 Å². The summed E-state index contributed by atoms with van der Waals surface area (Å²) in [6.45, 7) is 3.31. The molecule has 0 radical (unpaired) electrons. The third kappa shape index (κ3) is 8.13. The van der Waals surface area contributed by atoms with Crippen molar-refractivity contribution in [3.8, 4) is 11.5 Å². The standard InChI is InChI=1S/C30H35ClFN3O6S/c1-5-6-17-33-30(37)21(2)34(19-22-7-11-24(32)12-8-22)29(36)20-35(25-13-9-23(31)10-14-25)42(38,39)26-15-16-27(40-3)28(18-26)41-4/h7-16,18,21H,5-6,17,19-20H2,1-4H3,(H,33,37)/t21-/m1/s1. The maximum absolute atomic E-state index is 14.0. The monoisotopic (exact) mass is 619 g/mol.